The van der Waals surface area contributed by atoms with Gasteiger partial charge in [-0.3, -0.25) is 4.79 Å². The third kappa shape index (κ3) is 4.07. The highest BCUT2D eigenvalue weighted by molar-refractivity contribution is 6.01. The van der Waals surface area contributed by atoms with E-state index in [1.54, 1.807) is 7.11 Å². The van der Waals surface area contributed by atoms with E-state index in [0.717, 1.165) is 34.6 Å². The van der Waals surface area contributed by atoms with Crippen molar-refractivity contribution in [3.8, 4) is 11.5 Å². The number of carbonyl (C=O) groups is 1. The molecule has 2 N–H and O–H groups in total. The lowest BCUT2D eigenvalue weighted by molar-refractivity contribution is -0.116. The standard InChI is InChI=1S/C28H28N2O3/c1-3-33-25-14-13-19(17-26(25)32-2)28-27-23(29-21-11-7-8-12-22(21)30-28)15-20(16-24(27)31)18-9-5-4-6-10-18/h4-14,17,20,28-30H,3,15-16H2,1-2H3. The molecule has 0 saturated heterocycles. The number of anilines is 2. The summed E-state index contributed by atoms with van der Waals surface area (Å²) in [6.07, 6.45) is 1.28. The number of hydrogen-bond acceptors (Lipinski definition) is 5. The molecule has 168 valence electrons. The molecule has 2 atom stereocenters. The predicted molar refractivity (Wildman–Crippen MR) is 131 cm³/mol. The summed E-state index contributed by atoms with van der Waals surface area (Å²) in [7, 11) is 1.64. The van der Waals surface area contributed by atoms with Crippen molar-refractivity contribution in [2.45, 2.75) is 31.7 Å². The minimum absolute atomic E-state index is 0.158. The number of benzene rings is 3. The summed E-state index contributed by atoms with van der Waals surface area (Å²) in [6.45, 7) is 2.51. The van der Waals surface area contributed by atoms with Gasteiger partial charge in [0.15, 0.2) is 17.3 Å². The monoisotopic (exact) mass is 440 g/mol. The lowest BCUT2D eigenvalue weighted by Gasteiger charge is -2.30. The van der Waals surface area contributed by atoms with Gasteiger partial charge in [0.25, 0.3) is 0 Å². The number of hydrogen-bond donors (Lipinski definition) is 2. The smallest absolute Gasteiger partial charge is 0.163 e. The average molecular weight is 441 g/mol. The van der Waals surface area contributed by atoms with Gasteiger partial charge in [0, 0.05) is 17.7 Å². The molecule has 33 heavy (non-hydrogen) atoms. The van der Waals surface area contributed by atoms with E-state index in [-0.39, 0.29) is 17.7 Å². The third-order valence-electron chi connectivity index (χ3n) is 6.40. The Kier molecular flexibility index (Phi) is 5.78. The maximum Gasteiger partial charge on any atom is 0.163 e. The van der Waals surface area contributed by atoms with Crippen molar-refractivity contribution in [3.63, 3.8) is 0 Å². The largest absolute Gasteiger partial charge is 0.493 e. The van der Waals surface area contributed by atoms with Crippen molar-refractivity contribution in [2.24, 2.45) is 0 Å². The minimum Gasteiger partial charge on any atom is -0.493 e. The minimum atomic E-state index is -0.287. The van der Waals surface area contributed by atoms with Gasteiger partial charge in [0.2, 0.25) is 0 Å². The van der Waals surface area contributed by atoms with Crippen molar-refractivity contribution in [1.82, 2.24) is 0 Å². The zero-order valence-corrected chi connectivity index (χ0v) is 18.9. The maximum atomic E-state index is 13.6. The molecule has 0 amide bonds. The van der Waals surface area contributed by atoms with Crippen LogP contribution in [0.5, 0.6) is 11.5 Å². The number of methoxy groups -OCH3 is 1. The summed E-state index contributed by atoms with van der Waals surface area (Å²) in [5, 5.41) is 7.22. The van der Waals surface area contributed by atoms with Crippen molar-refractivity contribution in [3.05, 3.63) is 95.2 Å². The van der Waals surface area contributed by atoms with Crippen molar-refractivity contribution >= 4 is 17.2 Å². The fourth-order valence-electron chi connectivity index (χ4n) is 4.84. The quantitative estimate of drug-likeness (QED) is 0.504. The normalized spacial score (nSPS) is 19.5. The lowest BCUT2D eigenvalue weighted by atomic mass is 9.78. The van der Waals surface area contributed by atoms with E-state index in [4.69, 9.17) is 9.47 Å². The van der Waals surface area contributed by atoms with Crippen LogP contribution in [-0.2, 0) is 4.79 Å². The van der Waals surface area contributed by atoms with Crippen LogP contribution in [0.15, 0.2) is 84.1 Å². The summed E-state index contributed by atoms with van der Waals surface area (Å²) < 4.78 is 11.3. The SMILES string of the molecule is CCOc1ccc(C2Nc3ccccc3NC3=C2C(=O)CC(c2ccccc2)C3)cc1OC. The van der Waals surface area contributed by atoms with Gasteiger partial charge in [-0.25, -0.2) is 0 Å². The molecular formula is C28H28N2O3. The molecule has 1 aliphatic carbocycles. The van der Waals surface area contributed by atoms with Crippen molar-refractivity contribution in [2.75, 3.05) is 24.4 Å². The number of carbonyl (C=O) groups excluding carboxylic acids is 1. The molecule has 0 saturated carbocycles. The van der Waals surface area contributed by atoms with Crippen LogP contribution in [0.4, 0.5) is 11.4 Å². The number of Topliss-reactive ketones (excluding diaryl/α,β-unsaturated/α-hetero) is 1. The van der Waals surface area contributed by atoms with Gasteiger partial charge in [-0.2, -0.15) is 0 Å². The number of nitrogens with one attached hydrogen (secondary N) is 2. The lowest BCUT2D eigenvalue weighted by Crippen LogP contribution is -2.26. The molecule has 2 aliphatic rings. The number of ether oxygens (including phenoxy) is 2. The molecule has 3 aromatic carbocycles. The molecule has 2 unspecified atom stereocenters. The second kappa shape index (κ2) is 9.02. The Morgan fingerprint density at radius 1 is 0.879 bits per heavy atom. The molecule has 3 aromatic rings. The summed E-state index contributed by atoms with van der Waals surface area (Å²) in [4.78, 5) is 13.6. The van der Waals surface area contributed by atoms with Crippen LogP contribution in [-0.4, -0.2) is 19.5 Å². The van der Waals surface area contributed by atoms with Crippen LogP contribution in [0.1, 0.15) is 42.9 Å². The second-order valence-corrected chi connectivity index (χ2v) is 8.42. The molecule has 0 radical (unpaired) electrons. The Morgan fingerprint density at radius 3 is 2.39 bits per heavy atom. The molecule has 0 bridgehead atoms. The third-order valence-corrected chi connectivity index (χ3v) is 6.40. The average Bonchev–Trinajstić information content (AvgIpc) is 3.02. The Morgan fingerprint density at radius 2 is 1.64 bits per heavy atom. The zero-order chi connectivity index (χ0) is 22.8. The van der Waals surface area contributed by atoms with E-state index >= 15 is 0 Å². The Labute approximate surface area is 194 Å². The van der Waals surface area contributed by atoms with E-state index < -0.39 is 0 Å². The fraction of sp³-hybridized carbons (Fsp3) is 0.250. The number of rotatable bonds is 5. The summed E-state index contributed by atoms with van der Waals surface area (Å²) in [5.74, 6) is 1.68. The van der Waals surface area contributed by atoms with Gasteiger partial charge < -0.3 is 20.1 Å². The van der Waals surface area contributed by atoms with E-state index in [0.29, 0.717) is 24.5 Å². The summed E-state index contributed by atoms with van der Waals surface area (Å²) >= 11 is 0. The molecule has 5 rings (SSSR count). The first-order chi connectivity index (χ1) is 16.2. The van der Waals surface area contributed by atoms with Gasteiger partial charge in [-0.1, -0.05) is 48.5 Å². The van der Waals surface area contributed by atoms with Crippen molar-refractivity contribution < 1.29 is 14.3 Å². The van der Waals surface area contributed by atoms with E-state index in [9.17, 15) is 4.79 Å². The van der Waals surface area contributed by atoms with Crippen LogP contribution in [0.2, 0.25) is 0 Å². The topological polar surface area (TPSA) is 59.6 Å². The van der Waals surface area contributed by atoms with Crippen LogP contribution >= 0.6 is 0 Å². The maximum absolute atomic E-state index is 13.6. The van der Waals surface area contributed by atoms with Gasteiger partial charge in [-0.15, -0.1) is 0 Å². The van der Waals surface area contributed by atoms with E-state index in [2.05, 4.69) is 22.8 Å². The Balaban J connectivity index is 1.60. The number of ketones is 1. The molecule has 1 heterocycles. The molecular weight excluding hydrogens is 412 g/mol. The highest BCUT2D eigenvalue weighted by atomic mass is 16.5. The van der Waals surface area contributed by atoms with Crippen LogP contribution in [0.3, 0.4) is 0 Å². The number of allylic oxidation sites excluding steroid dienone is 1. The van der Waals surface area contributed by atoms with Crippen LogP contribution in [0.25, 0.3) is 0 Å². The second-order valence-electron chi connectivity index (χ2n) is 8.42. The van der Waals surface area contributed by atoms with Gasteiger partial charge in [0.05, 0.1) is 31.1 Å². The molecule has 0 fully saturated rings. The molecule has 1 aliphatic heterocycles. The predicted octanol–water partition coefficient (Wildman–Crippen LogP) is 6.07. The Hall–Kier alpha value is -3.73. The molecule has 5 nitrogen and oxygen atoms in total. The first-order valence-electron chi connectivity index (χ1n) is 11.4. The van der Waals surface area contributed by atoms with Crippen LogP contribution < -0.4 is 20.1 Å². The van der Waals surface area contributed by atoms with Crippen molar-refractivity contribution in [1.29, 1.82) is 0 Å². The number of fused-ring (bicyclic) bond motifs is 1. The Bertz CT molecular complexity index is 1200. The zero-order valence-electron chi connectivity index (χ0n) is 18.9. The first kappa shape index (κ1) is 21.1. The van der Waals surface area contributed by atoms with Gasteiger partial charge >= 0.3 is 0 Å². The van der Waals surface area contributed by atoms with E-state index in [1.165, 1.54) is 5.56 Å². The molecule has 5 heteroatoms. The highest BCUT2D eigenvalue weighted by Crippen LogP contribution is 2.45. The first-order valence-corrected chi connectivity index (χ1v) is 11.4. The summed E-state index contributed by atoms with van der Waals surface area (Å²) in [6, 6.07) is 24.0. The highest BCUT2D eigenvalue weighted by Gasteiger charge is 2.36. The molecule has 0 aromatic heterocycles. The van der Waals surface area contributed by atoms with Crippen LogP contribution in [0, 0.1) is 0 Å². The molecule has 0 spiro atoms. The summed E-state index contributed by atoms with van der Waals surface area (Å²) in [5.41, 5.74) is 5.89. The van der Waals surface area contributed by atoms with Gasteiger partial charge in [-0.05, 0) is 54.7 Å². The fourth-order valence-corrected chi connectivity index (χ4v) is 4.84. The number of para-hydroxylation sites is 2. The van der Waals surface area contributed by atoms with Gasteiger partial charge in [0.1, 0.15) is 0 Å². The van der Waals surface area contributed by atoms with E-state index in [1.807, 2.05) is 67.6 Å².